The summed E-state index contributed by atoms with van der Waals surface area (Å²) in [4.78, 5) is 10.6. The van der Waals surface area contributed by atoms with Gasteiger partial charge in [0, 0.05) is 21.6 Å². The molecule has 1 aromatic heterocycles. The third-order valence-electron chi connectivity index (χ3n) is 2.48. The number of halogens is 2. The Morgan fingerprint density at radius 2 is 2.20 bits per heavy atom. The molecule has 0 aliphatic carbocycles. The van der Waals surface area contributed by atoms with Gasteiger partial charge < -0.3 is 9.67 Å². The van der Waals surface area contributed by atoms with E-state index in [2.05, 4.69) is 26.1 Å². The van der Waals surface area contributed by atoms with Gasteiger partial charge in [-0.2, -0.15) is 0 Å². The van der Waals surface area contributed by atoms with Crippen molar-refractivity contribution in [2.75, 3.05) is 5.75 Å². The SMILES string of the molecule is CCn1c(SCC(=O)O)nnc1-c1cc(Cl)cc(Br)c1. The zero-order valence-electron chi connectivity index (χ0n) is 10.5. The smallest absolute Gasteiger partial charge is 0.313 e. The summed E-state index contributed by atoms with van der Waals surface area (Å²) in [5.74, 6) is -0.256. The van der Waals surface area contributed by atoms with Crippen LogP contribution >= 0.6 is 39.3 Å². The van der Waals surface area contributed by atoms with Crippen LogP contribution in [0.4, 0.5) is 0 Å². The number of thioether (sulfide) groups is 1. The normalized spacial score (nSPS) is 10.8. The minimum absolute atomic E-state index is 0.0443. The van der Waals surface area contributed by atoms with Crippen molar-refractivity contribution in [2.24, 2.45) is 0 Å². The quantitative estimate of drug-likeness (QED) is 0.808. The first kappa shape index (κ1) is 15.3. The highest BCUT2D eigenvalue weighted by atomic mass is 79.9. The first-order valence-electron chi connectivity index (χ1n) is 5.75. The van der Waals surface area contributed by atoms with Crippen LogP contribution in [0.1, 0.15) is 6.92 Å². The number of nitrogens with zero attached hydrogens (tertiary/aromatic N) is 3. The van der Waals surface area contributed by atoms with E-state index in [4.69, 9.17) is 16.7 Å². The van der Waals surface area contributed by atoms with Crippen LogP contribution in [0, 0.1) is 0 Å². The molecule has 0 aliphatic rings. The summed E-state index contributed by atoms with van der Waals surface area (Å²) in [5.41, 5.74) is 0.834. The number of carbonyl (C=O) groups is 1. The Kier molecular flexibility index (Phi) is 5.06. The third kappa shape index (κ3) is 3.53. The number of hydrogen-bond acceptors (Lipinski definition) is 4. The molecule has 0 spiro atoms. The zero-order chi connectivity index (χ0) is 14.7. The van der Waals surface area contributed by atoms with Gasteiger partial charge in [0.15, 0.2) is 11.0 Å². The second kappa shape index (κ2) is 6.60. The van der Waals surface area contributed by atoms with Gasteiger partial charge in [0.1, 0.15) is 0 Å². The molecule has 1 heterocycles. The van der Waals surface area contributed by atoms with E-state index in [-0.39, 0.29) is 5.75 Å². The molecule has 0 amide bonds. The fourth-order valence-electron chi connectivity index (χ4n) is 1.70. The van der Waals surface area contributed by atoms with Gasteiger partial charge in [-0.25, -0.2) is 0 Å². The molecular weight excluding hydrogens is 366 g/mol. The van der Waals surface area contributed by atoms with Crippen molar-refractivity contribution in [3.8, 4) is 11.4 Å². The summed E-state index contributed by atoms with van der Waals surface area (Å²) in [6.07, 6.45) is 0. The van der Waals surface area contributed by atoms with E-state index in [1.807, 2.05) is 17.6 Å². The number of carboxylic acid groups (broad SMARTS) is 1. The Labute approximate surface area is 133 Å². The van der Waals surface area contributed by atoms with Crippen LogP contribution < -0.4 is 0 Å². The lowest BCUT2D eigenvalue weighted by Crippen LogP contribution is -2.03. The maximum absolute atomic E-state index is 10.6. The fourth-order valence-corrected chi connectivity index (χ4v) is 3.29. The zero-order valence-corrected chi connectivity index (χ0v) is 13.7. The van der Waals surface area contributed by atoms with Crippen molar-refractivity contribution < 1.29 is 9.90 Å². The first-order chi connectivity index (χ1) is 9.51. The number of benzene rings is 1. The number of rotatable bonds is 5. The Balaban J connectivity index is 2.39. The molecule has 0 radical (unpaired) electrons. The predicted molar refractivity (Wildman–Crippen MR) is 82.2 cm³/mol. The molecule has 20 heavy (non-hydrogen) atoms. The van der Waals surface area contributed by atoms with Gasteiger partial charge >= 0.3 is 5.97 Å². The molecule has 0 saturated carbocycles. The van der Waals surface area contributed by atoms with Gasteiger partial charge in [-0.05, 0) is 25.1 Å². The highest BCUT2D eigenvalue weighted by Crippen LogP contribution is 2.28. The molecule has 2 rings (SSSR count). The third-order valence-corrected chi connectivity index (χ3v) is 4.11. The number of hydrogen-bond donors (Lipinski definition) is 1. The highest BCUT2D eigenvalue weighted by molar-refractivity contribution is 9.10. The second-order valence-corrected chi connectivity index (χ2v) is 6.19. The van der Waals surface area contributed by atoms with E-state index in [9.17, 15) is 4.79 Å². The van der Waals surface area contributed by atoms with Crippen molar-refractivity contribution in [1.29, 1.82) is 0 Å². The molecule has 0 aliphatic heterocycles. The molecule has 2 aromatic rings. The average Bonchev–Trinajstić information content (AvgIpc) is 2.77. The van der Waals surface area contributed by atoms with Gasteiger partial charge in [-0.3, -0.25) is 4.79 Å². The topological polar surface area (TPSA) is 68.0 Å². The molecule has 0 fully saturated rings. The molecule has 0 bridgehead atoms. The van der Waals surface area contributed by atoms with Crippen molar-refractivity contribution in [1.82, 2.24) is 14.8 Å². The lowest BCUT2D eigenvalue weighted by molar-refractivity contribution is -0.133. The Morgan fingerprint density at radius 3 is 2.80 bits per heavy atom. The first-order valence-corrected chi connectivity index (χ1v) is 7.91. The summed E-state index contributed by atoms with van der Waals surface area (Å²) >= 11 is 10.6. The van der Waals surface area contributed by atoms with Gasteiger partial charge in [-0.1, -0.05) is 39.3 Å². The van der Waals surface area contributed by atoms with E-state index in [1.54, 1.807) is 12.1 Å². The van der Waals surface area contributed by atoms with Crippen molar-refractivity contribution in [2.45, 2.75) is 18.6 Å². The molecule has 106 valence electrons. The maximum atomic E-state index is 10.6. The molecule has 5 nitrogen and oxygen atoms in total. The van der Waals surface area contributed by atoms with E-state index in [0.717, 1.165) is 21.8 Å². The molecule has 0 atom stereocenters. The van der Waals surface area contributed by atoms with Crippen LogP contribution in [0.5, 0.6) is 0 Å². The lowest BCUT2D eigenvalue weighted by Gasteiger charge is -2.07. The maximum Gasteiger partial charge on any atom is 0.313 e. The van der Waals surface area contributed by atoms with Crippen LogP contribution in [0.25, 0.3) is 11.4 Å². The average molecular weight is 377 g/mol. The predicted octanol–water partition coefficient (Wildman–Crippen LogP) is 3.56. The highest BCUT2D eigenvalue weighted by Gasteiger charge is 2.15. The van der Waals surface area contributed by atoms with E-state index in [1.165, 1.54) is 0 Å². The Bertz CT molecular complexity index is 627. The minimum Gasteiger partial charge on any atom is -0.481 e. The molecule has 1 N–H and O–H groups in total. The number of aliphatic carboxylic acids is 1. The number of aromatic nitrogens is 3. The molecular formula is C12H11BrClN3O2S. The van der Waals surface area contributed by atoms with Gasteiger partial charge in [-0.15, -0.1) is 10.2 Å². The van der Waals surface area contributed by atoms with Gasteiger partial charge in [0.25, 0.3) is 0 Å². The Morgan fingerprint density at radius 1 is 1.45 bits per heavy atom. The van der Waals surface area contributed by atoms with Gasteiger partial charge in [0.05, 0.1) is 5.75 Å². The summed E-state index contributed by atoms with van der Waals surface area (Å²) in [6, 6.07) is 5.49. The van der Waals surface area contributed by atoms with Crippen molar-refractivity contribution in [3.63, 3.8) is 0 Å². The second-order valence-electron chi connectivity index (χ2n) is 3.89. The number of carboxylic acids is 1. The molecule has 1 aromatic carbocycles. The largest absolute Gasteiger partial charge is 0.481 e. The van der Waals surface area contributed by atoms with Crippen molar-refractivity contribution >= 4 is 45.3 Å². The summed E-state index contributed by atoms with van der Waals surface area (Å²) in [6.45, 7) is 2.60. The lowest BCUT2D eigenvalue weighted by atomic mass is 10.2. The van der Waals surface area contributed by atoms with E-state index >= 15 is 0 Å². The fraction of sp³-hybridized carbons (Fsp3) is 0.250. The molecule has 0 saturated heterocycles. The van der Waals surface area contributed by atoms with Crippen LogP contribution in [-0.4, -0.2) is 31.6 Å². The summed E-state index contributed by atoms with van der Waals surface area (Å²) in [7, 11) is 0. The monoisotopic (exact) mass is 375 g/mol. The van der Waals surface area contributed by atoms with Crippen LogP contribution in [0.15, 0.2) is 27.8 Å². The van der Waals surface area contributed by atoms with Crippen LogP contribution in [-0.2, 0) is 11.3 Å². The molecule has 0 unspecified atom stereocenters. The molecule has 8 heteroatoms. The minimum atomic E-state index is -0.882. The van der Waals surface area contributed by atoms with E-state index in [0.29, 0.717) is 22.5 Å². The van der Waals surface area contributed by atoms with E-state index < -0.39 is 5.97 Å². The Hall–Kier alpha value is -1.05. The van der Waals surface area contributed by atoms with Crippen LogP contribution in [0.3, 0.4) is 0 Å². The van der Waals surface area contributed by atoms with Crippen LogP contribution in [0.2, 0.25) is 5.02 Å². The summed E-state index contributed by atoms with van der Waals surface area (Å²) < 4.78 is 2.72. The van der Waals surface area contributed by atoms with Gasteiger partial charge in [0.2, 0.25) is 0 Å². The van der Waals surface area contributed by atoms with Crippen molar-refractivity contribution in [3.05, 3.63) is 27.7 Å². The standard InChI is InChI=1S/C12H11BrClN3O2S/c1-2-17-11(7-3-8(13)5-9(14)4-7)15-16-12(17)20-6-10(18)19/h3-5H,2,6H2,1H3,(H,18,19). The summed E-state index contributed by atoms with van der Waals surface area (Å²) in [5, 5.41) is 18.1.